The maximum Gasteiger partial charge on any atom is 0.251 e. The summed E-state index contributed by atoms with van der Waals surface area (Å²) >= 11 is 1.27. The molecule has 0 bridgehead atoms. The van der Waals surface area contributed by atoms with Gasteiger partial charge < -0.3 is 15.0 Å². The van der Waals surface area contributed by atoms with Gasteiger partial charge in [0.15, 0.2) is 0 Å². The van der Waals surface area contributed by atoms with Crippen molar-refractivity contribution < 1.29 is 31.9 Å². The van der Waals surface area contributed by atoms with Crippen molar-refractivity contribution in [3.63, 3.8) is 0 Å². The number of amides is 2. The number of carbonyl (C=O) groups excluding carboxylic acids is 2. The fraction of sp³-hybridized carbons (Fsp3) is 0.444. The highest BCUT2D eigenvalue weighted by Gasteiger charge is 2.32. The average molecular weight is 659 g/mol. The van der Waals surface area contributed by atoms with E-state index in [1.165, 1.54) is 73.7 Å². The molecule has 5 nitrogen and oxygen atoms in total. The molecule has 1 unspecified atom stereocenters. The fourth-order valence-corrected chi connectivity index (χ4v) is 6.59. The molecule has 0 saturated heterocycles. The summed E-state index contributed by atoms with van der Waals surface area (Å²) in [6, 6.07) is 10.4. The molecule has 46 heavy (non-hydrogen) atoms. The van der Waals surface area contributed by atoms with Crippen LogP contribution >= 0.6 is 11.8 Å². The van der Waals surface area contributed by atoms with Crippen LogP contribution in [0.2, 0.25) is 0 Å². The van der Waals surface area contributed by atoms with E-state index in [-0.39, 0.29) is 23.6 Å². The first-order valence-corrected chi connectivity index (χ1v) is 17.0. The van der Waals surface area contributed by atoms with E-state index in [2.05, 4.69) is 12.2 Å². The van der Waals surface area contributed by atoms with Gasteiger partial charge in [0, 0.05) is 40.3 Å². The van der Waals surface area contributed by atoms with Gasteiger partial charge in [-0.15, -0.1) is 11.8 Å². The number of hydrogen-bond donors (Lipinski definition) is 1. The van der Waals surface area contributed by atoms with Gasteiger partial charge in [-0.2, -0.15) is 0 Å². The highest BCUT2D eigenvalue weighted by atomic mass is 32.2. The quantitative estimate of drug-likeness (QED) is 0.116. The van der Waals surface area contributed by atoms with Gasteiger partial charge in [0.25, 0.3) is 5.91 Å². The van der Waals surface area contributed by atoms with Crippen LogP contribution in [0.4, 0.5) is 23.2 Å². The van der Waals surface area contributed by atoms with E-state index < -0.39 is 46.5 Å². The normalized spacial score (nSPS) is 14.3. The average Bonchev–Trinajstić information content (AvgIpc) is 3.02. The molecule has 0 spiro atoms. The zero-order chi connectivity index (χ0) is 33.1. The lowest BCUT2D eigenvalue weighted by molar-refractivity contribution is -0.118. The second-order valence-corrected chi connectivity index (χ2v) is 13.0. The van der Waals surface area contributed by atoms with Crippen molar-refractivity contribution in [3.8, 4) is 5.75 Å². The van der Waals surface area contributed by atoms with E-state index in [0.717, 1.165) is 19.3 Å². The summed E-state index contributed by atoms with van der Waals surface area (Å²) in [7, 11) is 0. The summed E-state index contributed by atoms with van der Waals surface area (Å²) in [6.45, 7) is 3.88. The molecule has 3 aromatic rings. The molecule has 1 atom stereocenters. The molecular formula is C36H42F4N2O3S. The van der Waals surface area contributed by atoms with Gasteiger partial charge in [-0.3, -0.25) is 9.59 Å². The predicted molar refractivity (Wildman–Crippen MR) is 174 cm³/mol. The molecule has 1 N–H and O–H groups in total. The van der Waals surface area contributed by atoms with Crippen LogP contribution in [0.5, 0.6) is 5.75 Å². The van der Waals surface area contributed by atoms with Gasteiger partial charge in [-0.25, -0.2) is 17.6 Å². The molecule has 2 amide bonds. The van der Waals surface area contributed by atoms with Crippen molar-refractivity contribution in [2.24, 2.45) is 0 Å². The summed E-state index contributed by atoms with van der Waals surface area (Å²) in [5.41, 5.74) is 0.549. The van der Waals surface area contributed by atoms with Crippen molar-refractivity contribution in [3.05, 3.63) is 88.5 Å². The number of hydrogen-bond acceptors (Lipinski definition) is 4. The largest absolute Gasteiger partial charge is 0.493 e. The molecule has 248 valence electrons. The number of halogens is 4. The lowest BCUT2D eigenvalue weighted by Crippen LogP contribution is -2.39. The number of rotatable bonds is 17. The molecule has 0 aliphatic carbocycles. The fourth-order valence-electron chi connectivity index (χ4n) is 5.48. The van der Waals surface area contributed by atoms with E-state index in [1.807, 2.05) is 0 Å². The minimum absolute atomic E-state index is 0.0502. The van der Waals surface area contributed by atoms with E-state index in [9.17, 15) is 22.8 Å². The van der Waals surface area contributed by atoms with Crippen LogP contribution < -0.4 is 15.0 Å². The van der Waals surface area contributed by atoms with Crippen LogP contribution in [0, 0.1) is 23.3 Å². The van der Waals surface area contributed by atoms with Crippen LogP contribution in [-0.4, -0.2) is 23.7 Å². The third-order valence-electron chi connectivity index (χ3n) is 8.11. The van der Waals surface area contributed by atoms with E-state index in [0.29, 0.717) is 35.1 Å². The third kappa shape index (κ3) is 9.50. The van der Waals surface area contributed by atoms with Gasteiger partial charge in [0.1, 0.15) is 29.0 Å². The van der Waals surface area contributed by atoms with Gasteiger partial charge in [-0.1, -0.05) is 70.8 Å². The molecule has 0 fully saturated rings. The Morgan fingerprint density at radius 3 is 2.17 bits per heavy atom. The Bertz CT molecular complexity index is 1480. The van der Waals surface area contributed by atoms with Gasteiger partial charge in [0.2, 0.25) is 5.91 Å². The molecule has 0 radical (unpaired) electrons. The molecule has 0 saturated carbocycles. The van der Waals surface area contributed by atoms with E-state index in [4.69, 9.17) is 4.74 Å². The van der Waals surface area contributed by atoms with Crippen LogP contribution in [0.25, 0.3) is 0 Å². The first-order valence-electron chi connectivity index (χ1n) is 16.1. The number of carbonyl (C=O) groups is 2. The lowest BCUT2D eigenvalue weighted by atomic mass is 10.1. The van der Waals surface area contributed by atoms with Gasteiger partial charge in [0.05, 0.1) is 24.1 Å². The number of anilines is 1. The van der Waals surface area contributed by atoms with E-state index >= 15 is 4.39 Å². The van der Waals surface area contributed by atoms with Gasteiger partial charge in [-0.05, 0) is 43.7 Å². The summed E-state index contributed by atoms with van der Waals surface area (Å²) in [4.78, 5) is 28.3. The van der Waals surface area contributed by atoms with Crippen molar-refractivity contribution in [1.82, 2.24) is 5.32 Å². The number of fused-ring (bicyclic) bond motifs is 1. The Labute approximate surface area is 273 Å². The van der Waals surface area contributed by atoms with Crippen LogP contribution in [-0.2, 0) is 17.9 Å². The van der Waals surface area contributed by atoms with Crippen molar-refractivity contribution in [2.75, 3.05) is 11.5 Å². The molecular weight excluding hydrogens is 616 g/mol. The number of benzene rings is 3. The summed E-state index contributed by atoms with van der Waals surface area (Å²) in [5, 5.41) is 1.96. The molecule has 3 aromatic carbocycles. The van der Waals surface area contributed by atoms with Crippen LogP contribution in [0.3, 0.4) is 0 Å². The molecule has 1 aliphatic heterocycles. The van der Waals surface area contributed by atoms with Crippen LogP contribution in [0.15, 0.2) is 53.4 Å². The van der Waals surface area contributed by atoms with E-state index in [1.54, 1.807) is 31.2 Å². The highest BCUT2D eigenvalue weighted by Crippen LogP contribution is 2.41. The molecule has 10 heteroatoms. The maximum atomic E-state index is 15.2. The van der Waals surface area contributed by atoms with Gasteiger partial charge >= 0.3 is 0 Å². The Hall–Kier alpha value is -3.53. The Morgan fingerprint density at radius 2 is 1.50 bits per heavy atom. The number of ether oxygens (including phenoxy) is 1. The standard InChI is InChI=1S/C36H42F4N2O3S/c1-3-4-5-6-7-8-9-10-11-12-18-45-33-15-13-14-29(38)28(33)23-42-32-17-16-25(19-34(32)46-24(2)36(42)44)35(43)41-22-27-30(39)20-26(37)21-31(27)40/h13-17,19-21,24H,3-12,18,22-23H2,1-2H3,(H,41,43). The smallest absolute Gasteiger partial charge is 0.251 e. The third-order valence-corrected chi connectivity index (χ3v) is 9.25. The number of nitrogens with zero attached hydrogens (tertiary/aromatic N) is 1. The summed E-state index contributed by atoms with van der Waals surface area (Å²) in [6.07, 6.45) is 12.0. The molecule has 0 aromatic heterocycles. The van der Waals surface area contributed by atoms with Crippen LogP contribution in [0.1, 0.15) is 99.5 Å². The minimum Gasteiger partial charge on any atom is -0.493 e. The van der Waals surface area contributed by atoms with Crippen molar-refractivity contribution in [1.29, 1.82) is 0 Å². The second kappa shape index (κ2) is 17.4. The minimum atomic E-state index is -1.10. The first-order chi connectivity index (χ1) is 22.2. The van der Waals surface area contributed by atoms with Crippen molar-refractivity contribution in [2.45, 2.75) is 101 Å². The summed E-state index contributed by atoms with van der Waals surface area (Å²) in [5.74, 6) is -4.12. The summed E-state index contributed by atoms with van der Waals surface area (Å²) < 4.78 is 62.4. The monoisotopic (exact) mass is 658 g/mol. The highest BCUT2D eigenvalue weighted by molar-refractivity contribution is 8.01. The SMILES string of the molecule is CCCCCCCCCCCCOc1cccc(F)c1CN1C(=O)C(C)Sc2cc(C(=O)NCc3c(F)cc(F)cc3F)ccc21. The lowest BCUT2D eigenvalue weighted by Gasteiger charge is -2.33. The zero-order valence-electron chi connectivity index (χ0n) is 26.5. The Balaban J connectivity index is 1.37. The molecule has 1 heterocycles. The first kappa shape index (κ1) is 35.3. The Kier molecular flexibility index (Phi) is 13.4. The van der Waals surface area contributed by atoms with Crippen molar-refractivity contribution >= 4 is 29.3 Å². The molecule has 4 rings (SSSR count). The predicted octanol–water partition coefficient (Wildman–Crippen LogP) is 9.50. The zero-order valence-corrected chi connectivity index (χ0v) is 27.3. The Morgan fingerprint density at radius 1 is 0.848 bits per heavy atom. The number of unbranched alkanes of at least 4 members (excludes halogenated alkanes) is 9. The number of nitrogens with one attached hydrogen (secondary N) is 1. The second-order valence-electron chi connectivity index (χ2n) is 11.6. The number of thioether (sulfide) groups is 1. The molecule has 1 aliphatic rings. The topological polar surface area (TPSA) is 58.6 Å². The maximum absolute atomic E-state index is 15.2.